The molecule has 0 radical (unpaired) electrons. The van der Waals surface area contributed by atoms with E-state index in [1.807, 2.05) is 0 Å². The minimum absolute atomic E-state index is 0.551. The predicted octanol–water partition coefficient (Wildman–Crippen LogP) is 1.55. The van der Waals surface area contributed by atoms with Gasteiger partial charge in [-0.3, -0.25) is 4.90 Å². The van der Waals surface area contributed by atoms with Gasteiger partial charge in [0.1, 0.15) is 0 Å². The molecule has 2 rings (SSSR count). The van der Waals surface area contributed by atoms with Gasteiger partial charge in [0.2, 0.25) is 0 Å². The first-order valence-electron chi connectivity index (χ1n) is 7.87. The summed E-state index contributed by atoms with van der Waals surface area (Å²) < 4.78 is 10.6. The second-order valence-corrected chi connectivity index (χ2v) is 5.75. The van der Waals surface area contributed by atoms with Crippen LogP contribution in [0.25, 0.3) is 0 Å². The van der Waals surface area contributed by atoms with Crippen LogP contribution in [0.1, 0.15) is 12.5 Å². The summed E-state index contributed by atoms with van der Waals surface area (Å²) in [5, 5.41) is 3.59. The Labute approximate surface area is 128 Å². The van der Waals surface area contributed by atoms with Crippen molar-refractivity contribution in [2.24, 2.45) is 0 Å². The first kappa shape index (κ1) is 16.4. The average Bonchev–Trinajstić information content (AvgIpc) is 2.51. The van der Waals surface area contributed by atoms with E-state index in [-0.39, 0.29) is 0 Å². The summed E-state index contributed by atoms with van der Waals surface area (Å²) in [7, 11) is 1.71. The van der Waals surface area contributed by atoms with Crippen molar-refractivity contribution in [3.8, 4) is 0 Å². The number of methoxy groups -OCH3 is 1. The summed E-state index contributed by atoms with van der Waals surface area (Å²) in [5.41, 5.74) is 1.41. The van der Waals surface area contributed by atoms with E-state index in [0.29, 0.717) is 25.3 Å². The molecule has 0 saturated carbocycles. The molecule has 0 bridgehead atoms. The highest BCUT2D eigenvalue weighted by Crippen LogP contribution is 2.13. The van der Waals surface area contributed by atoms with Crippen LogP contribution in [0.4, 0.5) is 0 Å². The standard InChI is InChI=1S/C17H28N2O2/c1-15-14-19(8-9-21-11-10-20-2)17(13-18-15)12-16-6-4-3-5-7-16/h3-7,15,17-18H,8-14H2,1-2H3. The van der Waals surface area contributed by atoms with E-state index >= 15 is 0 Å². The quantitative estimate of drug-likeness (QED) is 0.737. The first-order valence-corrected chi connectivity index (χ1v) is 7.87. The zero-order valence-corrected chi connectivity index (χ0v) is 13.3. The summed E-state index contributed by atoms with van der Waals surface area (Å²) in [6, 6.07) is 11.8. The maximum Gasteiger partial charge on any atom is 0.0700 e. The fourth-order valence-electron chi connectivity index (χ4n) is 2.82. The van der Waals surface area contributed by atoms with Crippen molar-refractivity contribution in [3.05, 3.63) is 35.9 Å². The van der Waals surface area contributed by atoms with Crippen LogP contribution < -0.4 is 5.32 Å². The van der Waals surface area contributed by atoms with Crippen molar-refractivity contribution < 1.29 is 9.47 Å². The van der Waals surface area contributed by atoms with Crippen molar-refractivity contribution in [3.63, 3.8) is 0 Å². The van der Waals surface area contributed by atoms with E-state index in [2.05, 4.69) is 47.5 Å². The summed E-state index contributed by atoms with van der Waals surface area (Å²) in [5.74, 6) is 0. The maximum absolute atomic E-state index is 5.62. The molecule has 1 fully saturated rings. The van der Waals surface area contributed by atoms with Crippen molar-refractivity contribution in [1.29, 1.82) is 0 Å². The van der Waals surface area contributed by atoms with Gasteiger partial charge in [0.15, 0.2) is 0 Å². The molecule has 1 aromatic rings. The van der Waals surface area contributed by atoms with E-state index in [9.17, 15) is 0 Å². The molecule has 1 aromatic carbocycles. The smallest absolute Gasteiger partial charge is 0.0700 e. The molecule has 1 heterocycles. The Hall–Kier alpha value is -0.940. The normalized spacial score (nSPS) is 23.3. The van der Waals surface area contributed by atoms with Gasteiger partial charge >= 0.3 is 0 Å². The first-order chi connectivity index (χ1) is 10.3. The van der Waals surface area contributed by atoms with Crippen LogP contribution in [0.5, 0.6) is 0 Å². The molecule has 0 aliphatic carbocycles. The largest absolute Gasteiger partial charge is 0.382 e. The molecule has 1 saturated heterocycles. The Bertz CT molecular complexity index is 386. The zero-order valence-electron chi connectivity index (χ0n) is 13.3. The van der Waals surface area contributed by atoms with Crippen LogP contribution >= 0.6 is 0 Å². The molecule has 118 valence electrons. The van der Waals surface area contributed by atoms with Crippen LogP contribution in [0.15, 0.2) is 30.3 Å². The van der Waals surface area contributed by atoms with Crippen molar-refractivity contribution in [1.82, 2.24) is 10.2 Å². The zero-order chi connectivity index (χ0) is 14.9. The SMILES string of the molecule is COCCOCCN1CC(C)NCC1Cc1ccccc1. The van der Waals surface area contributed by atoms with Crippen LogP contribution in [-0.2, 0) is 15.9 Å². The van der Waals surface area contributed by atoms with Crippen molar-refractivity contribution in [2.45, 2.75) is 25.4 Å². The van der Waals surface area contributed by atoms with E-state index in [1.54, 1.807) is 7.11 Å². The number of hydrogen-bond acceptors (Lipinski definition) is 4. The van der Waals surface area contributed by atoms with Gasteiger partial charge in [-0.25, -0.2) is 0 Å². The Balaban J connectivity index is 1.81. The number of rotatable bonds is 8. The number of nitrogens with zero attached hydrogens (tertiary/aromatic N) is 1. The summed E-state index contributed by atoms with van der Waals surface area (Å²) >= 11 is 0. The number of piperazine rings is 1. The highest BCUT2D eigenvalue weighted by Gasteiger charge is 2.25. The minimum Gasteiger partial charge on any atom is -0.382 e. The molecule has 0 aromatic heterocycles. The number of benzene rings is 1. The van der Waals surface area contributed by atoms with Gasteiger partial charge in [-0.2, -0.15) is 0 Å². The third-order valence-corrected chi connectivity index (χ3v) is 4.00. The third kappa shape index (κ3) is 5.75. The lowest BCUT2D eigenvalue weighted by atomic mass is 10.0. The Morgan fingerprint density at radius 1 is 1.19 bits per heavy atom. The Morgan fingerprint density at radius 2 is 2.00 bits per heavy atom. The molecular weight excluding hydrogens is 264 g/mol. The van der Waals surface area contributed by atoms with Crippen LogP contribution in [0, 0.1) is 0 Å². The van der Waals surface area contributed by atoms with Crippen LogP contribution in [0.2, 0.25) is 0 Å². The highest BCUT2D eigenvalue weighted by molar-refractivity contribution is 5.16. The minimum atomic E-state index is 0.551. The second-order valence-electron chi connectivity index (χ2n) is 5.75. The summed E-state index contributed by atoms with van der Waals surface area (Å²) in [4.78, 5) is 2.56. The topological polar surface area (TPSA) is 33.7 Å². The fraction of sp³-hybridized carbons (Fsp3) is 0.647. The van der Waals surface area contributed by atoms with E-state index < -0.39 is 0 Å². The Morgan fingerprint density at radius 3 is 2.76 bits per heavy atom. The van der Waals surface area contributed by atoms with E-state index in [0.717, 1.165) is 32.7 Å². The molecule has 2 unspecified atom stereocenters. The third-order valence-electron chi connectivity index (χ3n) is 4.00. The molecule has 1 aliphatic rings. The molecule has 21 heavy (non-hydrogen) atoms. The van der Waals surface area contributed by atoms with Gasteiger partial charge in [0.05, 0.1) is 19.8 Å². The molecule has 4 nitrogen and oxygen atoms in total. The number of ether oxygens (including phenoxy) is 2. The van der Waals surface area contributed by atoms with Gasteiger partial charge in [-0.1, -0.05) is 30.3 Å². The summed E-state index contributed by atoms with van der Waals surface area (Å²) in [6.07, 6.45) is 1.10. The molecule has 0 spiro atoms. The lowest BCUT2D eigenvalue weighted by molar-refractivity contribution is 0.0403. The van der Waals surface area contributed by atoms with Gasteiger partial charge in [0.25, 0.3) is 0 Å². The van der Waals surface area contributed by atoms with Crippen molar-refractivity contribution >= 4 is 0 Å². The maximum atomic E-state index is 5.62. The van der Waals surface area contributed by atoms with Gasteiger partial charge in [0, 0.05) is 38.8 Å². The lowest BCUT2D eigenvalue weighted by Crippen LogP contribution is -2.56. The molecule has 2 atom stereocenters. The van der Waals surface area contributed by atoms with Gasteiger partial charge < -0.3 is 14.8 Å². The monoisotopic (exact) mass is 292 g/mol. The lowest BCUT2D eigenvalue weighted by Gasteiger charge is -2.39. The molecular formula is C17H28N2O2. The number of nitrogens with one attached hydrogen (secondary N) is 1. The highest BCUT2D eigenvalue weighted by atomic mass is 16.5. The molecule has 4 heteroatoms. The van der Waals surface area contributed by atoms with Crippen LogP contribution in [0.3, 0.4) is 0 Å². The summed E-state index contributed by atoms with van der Waals surface area (Å²) in [6.45, 7) is 7.51. The fourth-order valence-corrected chi connectivity index (χ4v) is 2.82. The van der Waals surface area contributed by atoms with E-state index in [1.165, 1.54) is 5.56 Å². The van der Waals surface area contributed by atoms with Gasteiger partial charge in [-0.05, 0) is 18.9 Å². The number of hydrogen-bond donors (Lipinski definition) is 1. The molecule has 1 N–H and O–H groups in total. The second kappa shape index (κ2) is 9.15. The van der Waals surface area contributed by atoms with Gasteiger partial charge in [-0.15, -0.1) is 0 Å². The Kier molecular flexibility index (Phi) is 7.16. The van der Waals surface area contributed by atoms with Crippen molar-refractivity contribution in [2.75, 3.05) is 46.6 Å². The average molecular weight is 292 g/mol. The molecule has 0 amide bonds. The van der Waals surface area contributed by atoms with E-state index in [4.69, 9.17) is 9.47 Å². The molecule has 1 aliphatic heterocycles. The van der Waals surface area contributed by atoms with Crippen LogP contribution in [-0.4, -0.2) is 63.5 Å². The predicted molar refractivity (Wildman–Crippen MR) is 85.7 cm³/mol.